The third-order valence-electron chi connectivity index (χ3n) is 2.76. The summed E-state index contributed by atoms with van der Waals surface area (Å²) < 4.78 is 0. The van der Waals surface area contributed by atoms with Gasteiger partial charge in [0.2, 0.25) is 0 Å². The Balaban J connectivity index is 2.61. The predicted octanol–water partition coefficient (Wildman–Crippen LogP) is 1.64. The third-order valence-corrected chi connectivity index (χ3v) is 2.76. The second-order valence-electron chi connectivity index (χ2n) is 3.68. The molecule has 0 saturated carbocycles. The van der Waals surface area contributed by atoms with Crippen molar-refractivity contribution in [3.05, 3.63) is 30.1 Å². The molecule has 0 radical (unpaired) electrons. The zero-order valence-corrected chi connectivity index (χ0v) is 9.69. The van der Waals surface area contributed by atoms with Crippen molar-refractivity contribution in [1.82, 2.24) is 9.88 Å². The molecular weight excluding hydrogens is 186 g/mol. The lowest BCUT2D eigenvalue weighted by Crippen LogP contribution is -2.39. The number of pyridine rings is 1. The van der Waals surface area contributed by atoms with E-state index in [1.807, 2.05) is 18.3 Å². The average Bonchev–Trinajstić information content (AvgIpc) is 2.30. The molecule has 15 heavy (non-hydrogen) atoms. The zero-order valence-electron chi connectivity index (χ0n) is 9.69. The van der Waals surface area contributed by atoms with Crippen LogP contribution in [0.1, 0.15) is 26.0 Å². The summed E-state index contributed by atoms with van der Waals surface area (Å²) in [5.41, 5.74) is 6.87. The Hall–Kier alpha value is -0.930. The Bertz CT molecular complexity index is 257. The molecule has 1 aromatic rings. The second-order valence-corrected chi connectivity index (χ2v) is 3.68. The number of likely N-dealkylation sites (N-methyl/N-ethyl adjacent to an activating group) is 1. The fraction of sp³-hybridized carbons (Fsp3) is 0.583. The maximum atomic E-state index is 5.75. The van der Waals surface area contributed by atoms with Crippen LogP contribution in [0, 0.1) is 0 Å². The highest BCUT2D eigenvalue weighted by atomic mass is 15.2. The summed E-state index contributed by atoms with van der Waals surface area (Å²) in [7, 11) is 0. The molecule has 0 saturated heterocycles. The van der Waals surface area contributed by atoms with Crippen LogP contribution in [0.3, 0.4) is 0 Å². The van der Waals surface area contributed by atoms with E-state index in [4.69, 9.17) is 5.73 Å². The standard InChI is InChI=1S/C12H21N3/c1-3-12(9-13)15(4-2)10-11-7-5-6-8-14-11/h5-8,12H,3-4,9-10,13H2,1-2H3. The summed E-state index contributed by atoms with van der Waals surface area (Å²) in [5.74, 6) is 0. The van der Waals surface area contributed by atoms with Gasteiger partial charge in [0.1, 0.15) is 0 Å². The summed E-state index contributed by atoms with van der Waals surface area (Å²) >= 11 is 0. The average molecular weight is 207 g/mol. The lowest BCUT2D eigenvalue weighted by Gasteiger charge is -2.28. The lowest BCUT2D eigenvalue weighted by atomic mass is 10.2. The quantitative estimate of drug-likeness (QED) is 0.771. The molecule has 3 heteroatoms. The smallest absolute Gasteiger partial charge is 0.0544 e. The highest BCUT2D eigenvalue weighted by molar-refractivity contribution is 5.03. The van der Waals surface area contributed by atoms with E-state index in [1.165, 1.54) is 0 Å². The molecule has 0 fully saturated rings. The van der Waals surface area contributed by atoms with E-state index in [9.17, 15) is 0 Å². The van der Waals surface area contributed by atoms with Crippen molar-refractivity contribution < 1.29 is 0 Å². The van der Waals surface area contributed by atoms with Crippen LogP contribution >= 0.6 is 0 Å². The lowest BCUT2D eigenvalue weighted by molar-refractivity contribution is 0.194. The summed E-state index contributed by atoms with van der Waals surface area (Å²) in [6, 6.07) is 6.50. The Morgan fingerprint density at radius 1 is 1.40 bits per heavy atom. The van der Waals surface area contributed by atoms with Gasteiger partial charge >= 0.3 is 0 Å². The van der Waals surface area contributed by atoms with Gasteiger partial charge in [0.15, 0.2) is 0 Å². The van der Waals surface area contributed by atoms with Gasteiger partial charge < -0.3 is 5.73 Å². The monoisotopic (exact) mass is 207 g/mol. The van der Waals surface area contributed by atoms with Crippen molar-refractivity contribution in [1.29, 1.82) is 0 Å². The number of hydrogen-bond acceptors (Lipinski definition) is 3. The van der Waals surface area contributed by atoms with Crippen molar-refractivity contribution in [2.45, 2.75) is 32.9 Å². The minimum absolute atomic E-state index is 0.469. The topological polar surface area (TPSA) is 42.1 Å². The fourth-order valence-electron chi connectivity index (χ4n) is 1.77. The number of aromatic nitrogens is 1. The van der Waals surface area contributed by atoms with Crippen molar-refractivity contribution in [2.75, 3.05) is 13.1 Å². The summed E-state index contributed by atoms with van der Waals surface area (Å²) in [6.07, 6.45) is 2.93. The first kappa shape index (κ1) is 12.1. The van der Waals surface area contributed by atoms with Gasteiger partial charge in [-0.05, 0) is 25.1 Å². The van der Waals surface area contributed by atoms with E-state index in [-0.39, 0.29) is 0 Å². The molecule has 2 N–H and O–H groups in total. The van der Waals surface area contributed by atoms with Crippen molar-refractivity contribution in [2.24, 2.45) is 5.73 Å². The highest BCUT2D eigenvalue weighted by Crippen LogP contribution is 2.07. The van der Waals surface area contributed by atoms with Crippen LogP contribution in [0.25, 0.3) is 0 Å². The van der Waals surface area contributed by atoms with E-state index in [0.717, 1.165) is 31.7 Å². The van der Waals surface area contributed by atoms with Crippen molar-refractivity contribution in [3.63, 3.8) is 0 Å². The molecule has 3 nitrogen and oxygen atoms in total. The number of nitrogens with two attached hydrogens (primary N) is 1. The van der Waals surface area contributed by atoms with Crippen LogP contribution in [0.2, 0.25) is 0 Å². The van der Waals surface area contributed by atoms with Gasteiger partial charge in [-0.1, -0.05) is 19.9 Å². The summed E-state index contributed by atoms with van der Waals surface area (Å²) in [6.45, 7) is 6.98. The zero-order chi connectivity index (χ0) is 11.1. The van der Waals surface area contributed by atoms with E-state index in [1.54, 1.807) is 0 Å². The maximum Gasteiger partial charge on any atom is 0.0544 e. The Morgan fingerprint density at radius 3 is 2.67 bits per heavy atom. The first-order valence-electron chi connectivity index (χ1n) is 5.65. The molecule has 0 amide bonds. The summed E-state index contributed by atoms with van der Waals surface area (Å²) in [4.78, 5) is 6.71. The predicted molar refractivity (Wildman–Crippen MR) is 63.5 cm³/mol. The molecule has 0 bridgehead atoms. The van der Waals surface area contributed by atoms with E-state index < -0.39 is 0 Å². The Kier molecular flexibility index (Phi) is 5.29. The SMILES string of the molecule is CCC(CN)N(CC)Cc1ccccn1. The van der Waals surface area contributed by atoms with Crippen LogP contribution in [-0.4, -0.2) is 29.0 Å². The van der Waals surface area contributed by atoms with Gasteiger partial charge in [-0.25, -0.2) is 0 Å². The number of hydrogen-bond donors (Lipinski definition) is 1. The summed E-state index contributed by atoms with van der Waals surface area (Å²) in [5, 5.41) is 0. The van der Waals surface area contributed by atoms with Gasteiger partial charge in [0.25, 0.3) is 0 Å². The fourth-order valence-corrected chi connectivity index (χ4v) is 1.77. The molecule has 0 aromatic carbocycles. The minimum Gasteiger partial charge on any atom is -0.329 e. The highest BCUT2D eigenvalue weighted by Gasteiger charge is 2.13. The van der Waals surface area contributed by atoms with Gasteiger partial charge in [0, 0.05) is 25.3 Å². The third kappa shape index (κ3) is 3.61. The Labute approximate surface area is 92.3 Å². The van der Waals surface area contributed by atoms with E-state index >= 15 is 0 Å². The first-order chi connectivity index (χ1) is 7.31. The molecule has 0 aliphatic rings. The molecule has 1 atom stereocenters. The number of nitrogens with zero attached hydrogens (tertiary/aromatic N) is 2. The number of rotatable bonds is 6. The minimum atomic E-state index is 0.469. The molecular formula is C12H21N3. The van der Waals surface area contributed by atoms with Gasteiger partial charge in [0.05, 0.1) is 5.69 Å². The van der Waals surface area contributed by atoms with E-state index in [2.05, 4.69) is 29.8 Å². The molecule has 84 valence electrons. The molecule has 1 rings (SSSR count). The Morgan fingerprint density at radius 2 is 2.20 bits per heavy atom. The molecule has 1 aromatic heterocycles. The molecule has 0 aliphatic carbocycles. The van der Waals surface area contributed by atoms with Crippen LogP contribution in [0.4, 0.5) is 0 Å². The first-order valence-corrected chi connectivity index (χ1v) is 5.65. The van der Waals surface area contributed by atoms with Crippen LogP contribution in [-0.2, 0) is 6.54 Å². The normalized spacial score (nSPS) is 13.1. The largest absolute Gasteiger partial charge is 0.329 e. The molecule has 1 unspecified atom stereocenters. The van der Waals surface area contributed by atoms with Crippen LogP contribution in [0.15, 0.2) is 24.4 Å². The van der Waals surface area contributed by atoms with Crippen LogP contribution in [0.5, 0.6) is 0 Å². The molecule has 1 heterocycles. The van der Waals surface area contributed by atoms with Gasteiger partial charge in [-0.2, -0.15) is 0 Å². The maximum absolute atomic E-state index is 5.75. The van der Waals surface area contributed by atoms with Crippen molar-refractivity contribution >= 4 is 0 Å². The van der Waals surface area contributed by atoms with Crippen molar-refractivity contribution in [3.8, 4) is 0 Å². The van der Waals surface area contributed by atoms with Crippen LogP contribution < -0.4 is 5.73 Å². The van der Waals surface area contributed by atoms with Gasteiger partial charge in [-0.3, -0.25) is 9.88 Å². The van der Waals surface area contributed by atoms with Gasteiger partial charge in [-0.15, -0.1) is 0 Å². The second kappa shape index (κ2) is 6.53. The molecule has 0 aliphatic heterocycles. The molecule has 0 spiro atoms. The van der Waals surface area contributed by atoms with E-state index in [0.29, 0.717) is 6.04 Å².